The Hall–Kier alpha value is -0.500. The topological polar surface area (TPSA) is 54.0 Å². The second-order valence-corrected chi connectivity index (χ2v) is 6.32. The van der Waals surface area contributed by atoms with Gasteiger partial charge in [-0.2, -0.15) is 0 Å². The molecule has 1 saturated heterocycles. The normalized spacial score (nSPS) is 21.5. The van der Waals surface area contributed by atoms with Crippen LogP contribution in [0.25, 0.3) is 0 Å². The van der Waals surface area contributed by atoms with Crippen LogP contribution in [0.3, 0.4) is 0 Å². The lowest BCUT2D eigenvalue weighted by Gasteiger charge is -2.32. The number of hydrogen-bond donors (Lipinski definition) is 2. The third-order valence-corrected chi connectivity index (χ3v) is 4.41. The van der Waals surface area contributed by atoms with Gasteiger partial charge >= 0.3 is 0 Å². The molecule has 21 heavy (non-hydrogen) atoms. The van der Waals surface area contributed by atoms with Gasteiger partial charge < -0.3 is 19.9 Å². The maximum Gasteiger partial charge on any atom is 0.0897 e. The van der Waals surface area contributed by atoms with Crippen LogP contribution in [-0.2, 0) is 16.1 Å². The fraction of sp³-hybridized carbons (Fsp3) is 0.733. The van der Waals surface area contributed by atoms with Crippen molar-refractivity contribution in [3.05, 3.63) is 22.4 Å². The average molecular weight is 314 g/mol. The summed E-state index contributed by atoms with van der Waals surface area (Å²) in [5.74, 6) is 0. The van der Waals surface area contributed by atoms with Gasteiger partial charge in [0.25, 0.3) is 0 Å². The van der Waals surface area contributed by atoms with Crippen LogP contribution in [0, 0.1) is 0 Å². The minimum absolute atomic E-state index is 0.220. The van der Waals surface area contributed by atoms with Crippen LogP contribution in [0.4, 0.5) is 0 Å². The number of rotatable bonds is 9. The third-order valence-electron chi connectivity index (χ3n) is 3.56. The van der Waals surface area contributed by atoms with Crippen molar-refractivity contribution in [2.45, 2.75) is 25.7 Å². The Balaban J connectivity index is 1.51. The molecule has 1 aliphatic heterocycles. The molecule has 2 rings (SSSR count). The van der Waals surface area contributed by atoms with E-state index in [1.807, 2.05) is 17.5 Å². The number of morpholine rings is 1. The van der Waals surface area contributed by atoms with Gasteiger partial charge in [-0.3, -0.25) is 4.90 Å². The lowest BCUT2D eigenvalue weighted by Crippen LogP contribution is -2.47. The van der Waals surface area contributed by atoms with E-state index in [2.05, 4.69) is 17.1 Å². The van der Waals surface area contributed by atoms with Crippen molar-refractivity contribution in [1.29, 1.82) is 0 Å². The molecule has 1 aromatic heterocycles. The molecule has 2 unspecified atom stereocenters. The van der Waals surface area contributed by atoms with E-state index in [0.29, 0.717) is 19.8 Å². The first kappa shape index (κ1) is 16.9. The van der Waals surface area contributed by atoms with E-state index in [0.717, 1.165) is 32.8 Å². The lowest BCUT2D eigenvalue weighted by molar-refractivity contribution is -0.0278. The first-order valence-electron chi connectivity index (χ1n) is 7.60. The van der Waals surface area contributed by atoms with Crippen LogP contribution >= 0.6 is 11.3 Å². The molecule has 0 bridgehead atoms. The summed E-state index contributed by atoms with van der Waals surface area (Å²) in [5.41, 5.74) is 0. The predicted octanol–water partition coefficient (Wildman–Crippen LogP) is 0.936. The Morgan fingerprint density at radius 3 is 3.29 bits per heavy atom. The van der Waals surface area contributed by atoms with Crippen LogP contribution < -0.4 is 5.32 Å². The maximum atomic E-state index is 9.87. The summed E-state index contributed by atoms with van der Waals surface area (Å²) in [6.07, 6.45) is -0.256. The average Bonchev–Trinajstić information content (AvgIpc) is 3.01. The van der Waals surface area contributed by atoms with E-state index in [1.54, 1.807) is 11.3 Å². The SMILES string of the molecule is CCN1CCOC(CNCC(O)COCc2cccs2)C1. The van der Waals surface area contributed by atoms with Crippen LogP contribution in [0.1, 0.15) is 11.8 Å². The molecule has 6 heteroatoms. The number of nitrogens with zero attached hydrogens (tertiary/aromatic N) is 1. The molecular formula is C15H26N2O3S. The van der Waals surface area contributed by atoms with Crippen LogP contribution in [0.2, 0.25) is 0 Å². The van der Waals surface area contributed by atoms with E-state index in [9.17, 15) is 5.11 Å². The molecule has 5 nitrogen and oxygen atoms in total. The highest BCUT2D eigenvalue weighted by Crippen LogP contribution is 2.09. The number of aliphatic hydroxyl groups excluding tert-OH is 1. The summed E-state index contributed by atoms with van der Waals surface area (Å²) in [5, 5.41) is 15.2. The molecule has 2 heterocycles. The summed E-state index contributed by atoms with van der Waals surface area (Å²) >= 11 is 1.67. The monoisotopic (exact) mass is 314 g/mol. The van der Waals surface area contributed by atoms with Crippen molar-refractivity contribution in [1.82, 2.24) is 10.2 Å². The molecule has 0 spiro atoms. The van der Waals surface area contributed by atoms with E-state index < -0.39 is 6.10 Å². The number of hydrogen-bond acceptors (Lipinski definition) is 6. The van der Waals surface area contributed by atoms with E-state index in [4.69, 9.17) is 9.47 Å². The standard InChI is InChI=1S/C15H26N2O3S/c1-2-17-5-6-20-14(10-17)9-16-8-13(18)11-19-12-15-4-3-7-21-15/h3-4,7,13-14,16,18H,2,5-6,8-12H2,1H3. The molecule has 0 aliphatic carbocycles. The number of nitrogens with one attached hydrogen (secondary N) is 1. The molecule has 2 N–H and O–H groups in total. The molecule has 0 aromatic carbocycles. The van der Waals surface area contributed by atoms with Gasteiger partial charge in [0.1, 0.15) is 0 Å². The van der Waals surface area contributed by atoms with Gasteiger partial charge in [0.05, 0.1) is 32.0 Å². The molecule has 0 amide bonds. The third kappa shape index (κ3) is 6.42. The first-order valence-corrected chi connectivity index (χ1v) is 8.48. The van der Waals surface area contributed by atoms with Crippen molar-refractivity contribution in [3.8, 4) is 0 Å². The van der Waals surface area contributed by atoms with Gasteiger partial charge in [0.15, 0.2) is 0 Å². The van der Waals surface area contributed by atoms with Crippen molar-refractivity contribution in [2.75, 3.05) is 45.9 Å². The maximum absolute atomic E-state index is 9.87. The second kappa shape index (κ2) is 9.50. The smallest absolute Gasteiger partial charge is 0.0897 e. The van der Waals surface area contributed by atoms with E-state index >= 15 is 0 Å². The zero-order valence-electron chi connectivity index (χ0n) is 12.7. The van der Waals surface area contributed by atoms with E-state index in [1.165, 1.54) is 4.88 Å². The molecule has 120 valence electrons. The molecule has 0 radical (unpaired) electrons. The highest BCUT2D eigenvalue weighted by molar-refractivity contribution is 7.09. The van der Waals surface area contributed by atoms with Gasteiger partial charge in [-0.05, 0) is 18.0 Å². The van der Waals surface area contributed by atoms with Gasteiger partial charge in [0, 0.05) is 31.1 Å². The lowest BCUT2D eigenvalue weighted by atomic mass is 10.2. The number of thiophene rings is 1. The summed E-state index contributed by atoms with van der Waals surface area (Å²) in [6.45, 7) is 8.27. The van der Waals surface area contributed by atoms with Crippen LogP contribution in [-0.4, -0.2) is 68.2 Å². The van der Waals surface area contributed by atoms with Crippen molar-refractivity contribution < 1.29 is 14.6 Å². The molecule has 1 aromatic rings. The highest BCUT2D eigenvalue weighted by atomic mass is 32.1. The fourth-order valence-electron chi connectivity index (χ4n) is 2.35. The first-order chi connectivity index (χ1) is 10.3. The van der Waals surface area contributed by atoms with Gasteiger partial charge in [-0.1, -0.05) is 13.0 Å². The fourth-order valence-corrected chi connectivity index (χ4v) is 2.99. The summed E-state index contributed by atoms with van der Waals surface area (Å²) < 4.78 is 11.2. The van der Waals surface area contributed by atoms with Gasteiger partial charge in [-0.25, -0.2) is 0 Å². The molecular weight excluding hydrogens is 288 g/mol. The number of ether oxygens (including phenoxy) is 2. The second-order valence-electron chi connectivity index (χ2n) is 5.29. The Morgan fingerprint density at radius 1 is 1.62 bits per heavy atom. The van der Waals surface area contributed by atoms with Crippen LogP contribution in [0.15, 0.2) is 17.5 Å². The quantitative estimate of drug-likeness (QED) is 0.710. The van der Waals surface area contributed by atoms with E-state index in [-0.39, 0.29) is 6.10 Å². The van der Waals surface area contributed by atoms with Crippen molar-refractivity contribution >= 4 is 11.3 Å². The van der Waals surface area contributed by atoms with Gasteiger partial charge in [-0.15, -0.1) is 11.3 Å². The Labute approximate surface area is 130 Å². The minimum atomic E-state index is -0.476. The molecule has 0 saturated carbocycles. The minimum Gasteiger partial charge on any atom is -0.389 e. The largest absolute Gasteiger partial charge is 0.389 e. The highest BCUT2D eigenvalue weighted by Gasteiger charge is 2.18. The Morgan fingerprint density at radius 2 is 2.52 bits per heavy atom. The summed E-state index contributed by atoms with van der Waals surface area (Å²) in [7, 11) is 0. The molecule has 1 fully saturated rings. The predicted molar refractivity (Wildman–Crippen MR) is 84.7 cm³/mol. The zero-order chi connectivity index (χ0) is 14.9. The Bertz CT molecular complexity index is 375. The molecule has 2 atom stereocenters. The summed E-state index contributed by atoms with van der Waals surface area (Å²) in [4.78, 5) is 3.57. The molecule has 1 aliphatic rings. The summed E-state index contributed by atoms with van der Waals surface area (Å²) in [6, 6.07) is 4.04. The number of likely N-dealkylation sites (N-methyl/N-ethyl adjacent to an activating group) is 1. The van der Waals surface area contributed by atoms with Crippen LogP contribution in [0.5, 0.6) is 0 Å². The Kier molecular flexibility index (Phi) is 7.63. The zero-order valence-corrected chi connectivity index (χ0v) is 13.5. The number of aliphatic hydroxyl groups is 1. The van der Waals surface area contributed by atoms with Gasteiger partial charge in [0.2, 0.25) is 0 Å². The van der Waals surface area contributed by atoms with Crippen molar-refractivity contribution in [3.63, 3.8) is 0 Å². The van der Waals surface area contributed by atoms with Crippen molar-refractivity contribution in [2.24, 2.45) is 0 Å².